The van der Waals surface area contributed by atoms with Crippen LogP contribution in [0.25, 0.3) is 0 Å². The Labute approximate surface area is 85.6 Å². The third-order valence-corrected chi connectivity index (χ3v) is 4.56. The van der Waals surface area contributed by atoms with E-state index in [9.17, 15) is 0 Å². The summed E-state index contributed by atoms with van der Waals surface area (Å²) in [6.45, 7) is 3.22. The van der Waals surface area contributed by atoms with E-state index < -0.39 is 0 Å². The summed E-state index contributed by atoms with van der Waals surface area (Å²) < 4.78 is 7.15. The molecule has 0 N–H and O–H groups in total. The molecule has 0 spiro atoms. The van der Waals surface area contributed by atoms with Gasteiger partial charge in [0.05, 0.1) is 0 Å². The molecule has 2 heteroatoms. The standard InChI is InChI=1S/C11H14OSe/c1-9-7-11(12-8-9)13-10-5-3-2-4-6-10/h2-6,9,11H,7-8H2,1H3/t9-,11-/m1/s1. The molecule has 2 atom stereocenters. The quantitative estimate of drug-likeness (QED) is 0.711. The molecule has 70 valence electrons. The van der Waals surface area contributed by atoms with E-state index >= 15 is 0 Å². The van der Waals surface area contributed by atoms with Gasteiger partial charge in [0, 0.05) is 0 Å². The van der Waals surface area contributed by atoms with E-state index in [0.717, 1.165) is 12.5 Å². The molecule has 1 aromatic rings. The van der Waals surface area contributed by atoms with Crippen molar-refractivity contribution in [2.75, 3.05) is 6.61 Å². The average molecular weight is 241 g/mol. The first-order valence-corrected chi connectivity index (χ1v) is 6.52. The predicted molar refractivity (Wildman–Crippen MR) is 55.4 cm³/mol. The third kappa shape index (κ3) is 2.57. The first-order chi connectivity index (χ1) is 6.34. The van der Waals surface area contributed by atoms with Crippen LogP contribution in [0.5, 0.6) is 0 Å². The summed E-state index contributed by atoms with van der Waals surface area (Å²) in [6.07, 6.45) is 1.24. The van der Waals surface area contributed by atoms with Crippen molar-refractivity contribution in [2.45, 2.75) is 18.3 Å². The maximum absolute atomic E-state index is 5.70. The molecule has 1 saturated heterocycles. The molecule has 1 nitrogen and oxygen atoms in total. The first-order valence-electron chi connectivity index (χ1n) is 4.68. The Morgan fingerprint density at radius 3 is 2.69 bits per heavy atom. The summed E-state index contributed by atoms with van der Waals surface area (Å²) in [5.74, 6) is 0.760. The topological polar surface area (TPSA) is 9.23 Å². The normalized spacial score (nSPS) is 27.8. The molecule has 13 heavy (non-hydrogen) atoms. The Morgan fingerprint density at radius 2 is 2.08 bits per heavy atom. The average Bonchev–Trinajstić information content (AvgIpc) is 2.53. The van der Waals surface area contributed by atoms with E-state index in [0.29, 0.717) is 20.0 Å². The molecule has 0 radical (unpaired) electrons. The van der Waals surface area contributed by atoms with E-state index in [2.05, 4.69) is 37.3 Å². The van der Waals surface area contributed by atoms with Crippen LogP contribution < -0.4 is 4.46 Å². The molecule has 1 aromatic carbocycles. The monoisotopic (exact) mass is 242 g/mol. The summed E-state index contributed by atoms with van der Waals surface area (Å²) in [7, 11) is 0. The second-order valence-electron chi connectivity index (χ2n) is 3.53. The van der Waals surface area contributed by atoms with Crippen molar-refractivity contribution in [1.82, 2.24) is 0 Å². The minimum atomic E-state index is 0.506. The van der Waals surface area contributed by atoms with Crippen LogP contribution >= 0.6 is 0 Å². The van der Waals surface area contributed by atoms with Gasteiger partial charge in [-0.15, -0.1) is 0 Å². The van der Waals surface area contributed by atoms with Gasteiger partial charge in [0.15, 0.2) is 0 Å². The molecule has 2 rings (SSSR count). The Kier molecular flexibility index (Phi) is 3.05. The van der Waals surface area contributed by atoms with E-state index in [1.807, 2.05) is 0 Å². The first kappa shape index (κ1) is 9.26. The van der Waals surface area contributed by atoms with Gasteiger partial charge in [-0.3, -0.25) is 0 Å². The Morgan fingerprint density at radius 1 is 1.31 bits per heavy atom. The summed E-state index contributed by atoms with van der Waals surface area (Å²) >= 11 is 0.506. The second-order valence-corrected chi connectivity index (χ2v) is 6.12. The van der Waals surface area contributed by atoms with Crippen molar-refractivity contribution in [1.29, 1.82) is 0 Å². The van der Waals surface area contributed by atoms with E-state index in [1.54, 1.807) is 0 Å². The molecule has 0 saturated carbocycles. The van der Waals surface area contributed by atoms with Crippen LogP contribution in [0.2, 0.25) is 0 Å². The summed E-state index contributed by atoms with van der Waals surface area (Å²) in [5.41, 5.74) is 0. The Hall–Kier alpha value is -0.301. The molecule has 0 unspecified atom stereocenters. The molecule has 1 aliphatic heterocycles. The van der Waals surface area contributed by atoms with Crippen LogP contribution in [-0.4, -0.2) is 26.6 Å². The van der Waals surface area contributed by atoms with Crippen LogP contribution in [0, 0.1) is 5.92 Å². The van der Waals surface area contributed by atoms with Crippen LogP contribution in [0.3, 0.4) is 0 Å². The SMILES string of the molecule is C[C@H]1CO[C@H]([Se]c2ccccc2)C1. The summed E-state index contributed by atoms with van der Waals surface area (Å²) in [5, 5.41) is 0.518. The zero-order valence-electron chi connectivity index (χ0n) is 7.77. The van der Waals surface area contributed by atoms with E-state index in [4.69, 9.17) is 4.74 Å². The molecule has 1 aliphatic rings. The second kappa shape index (κ2) is 4.28. The van der Waals surface area contributed by atoms with E-state index in [1.165, 1.54) is 10.9 Å². The molecule has 0 aliphatic carbocycles. The number of ether oxygens (including phenoxy) is 1. The third-order valence-electron chi connectivity index (χ3n) is 2.17. The van der Waals surface area contributed by atoms with Gasteiger partial charge in [0.25, 0.3) is 0 Å². The summed E-state index contributed by atoms with van der Waals surface area (Å²) in [4.78, 5) is 0. The molecule has 1 heterocycles. The van der Waals surface area contributed by atoms with Gasteiger partial charge < -0.3 is 0 Å². The van der Waals surface area contributed by atoms with Crippen LogP contribution in [-0.2, 0) is 4.74 Å². The van der Waals surface area contributed by atoms with Crippen molar-refractivity contribution in [2.24, 2.45) is 5.92 Å². The zero-order valence-corrected chi connectivity index (χ0v) is 9.49. The fraction of sp³-hybridized carbons (Fsp3) is 0.455. The van der Waals surface area contributed by atoms with Crippen LogP contribution in [0.4, 0.5) is 0 Å². The van der Waals surface area contributed by atoms with Gasteiger partial charge >= 0.3 is 85.4 Å². The molecular formula is C11H14OSe. The van der Waals surface area contributed by atoms with E-state index in [-0.39, 0.29) is 0 Å². The van der Waals surface area contributed by atoms with Crippen LogP contribution in [0.1, 0.15) is 13.3 Å². The predicted octanol–water partition coefficient (Wildman–Crippen LogP) is 1.40. The minimum absolute atomic E-state index is 0.506. The number of hydrogen-bond donors (Lipinski definition) is 0. The number of rotatable bonds is 2. The van der Waals surface area contributed by atoms with Crippen LogP contribution in [0.15, 0.2) is 30.3 Å². The number of hydrogen-bond acceptors (Lipinski definition) is 1. The van der Waals surface area contributed by atoms with Crippen molar-refractivity contribution in [3.8, 4) is 0 Å². The fourth-order valence-corrected chi connectivity index (χ4v) is 3.96. The zero-order chi connectivity index (χ0) is 9.10. The molecule has 0 amide bonds. The van der Waals surface area contributed by atoms with Gasteiger partial charge in [0.1, 0.15) is 0 Å². The van der Waals surface area contributed by atoms with Crippen molar-refractivity contribution in [3.05, 3.63) is 30.3 Å². The van der Waals surface area contributed by atoms with Gasteiger partial charge in [-0.05, 0) is 0 Å². The number of benzene rings is 1. The molecular weight excluding hydrogens is 227 g/mol. The molecule has 0 bridgehead atoms. The maximum atomic E-state index is 5.70. The fourth-order valence-electron chi connectivity index (χ4n) is 1.47. The van der Waals surface area contributed by atoms with Gasteiger partial charge in [-0.2, -0.15) is 0 Å². The van der Waals surface area contributed by atoms with Gasteiger partial charge in [-0.25, -0.2) is 0 Å². The Balaban J connectivity index is 1.92. The van der Waals surface area contributed by atoms with Crippen molar-refractivity contribution in [3.63, 3.8) is 0 Å². The van der Waals surface area contributed by atoms with Crippen molar-refractivity contribution < 1.29 is 4.74 Å². The Bertz CT molecular complexity index is 260. The van der Waals surface area contributed by atoms with Gasteiger partial charge in [0.2, 0.25) is 0 Å². The molecule has 1 fully saturated rings. The van der Waals surface area contributed by atoms with Crippen molar-refractivity contribution >= 4 is 19.4 Å². The summed E-state index contributed by atoms with van der Waals surface area (Å²) in [6, 6.07) is 10.7. The van der Waals surface area contributed by atoms with Gasteiger partial charge in [-0.1, -0.05) is 0 Å². The molecule has 0 aromatic heterocycles.